The molecule has 5 heteroatoms. The monoisotopic (exact) mass is 308 g/mol. The molecule has 1 saturated heterocycles. The summed E-state index contributed by atoms with van der Waals surface area (Å²) in [7, 11) is -0.649. The van der Waals surface area contributed by atoms with E-state index in [0.717, 1.165) is 18.2 Å². The minimum Gasteiger partial charge on any atom is -0.399 e. The van der Waals surface area contributed by atoms with Crippen molar-refractivity contribution in [3.63, 3.8) is 0 Å². The summed E-state index contributed by atoms with van der Waals surface area (Å²) in [6.07, 6.45) is 0.993. The predicted octanol–water partition coefficient (Wildman–Crippen LogP) is 3.55. The molecule has 0 aliphatic carbocycles. The molecule has 1 unspecified atom stereocenters. The molecule has 1 fully saturated rings. The van der Waals surface area contributed by atoms with Gasteiger partial charge in [-0.2, -0.15) is 0 Å². The largest absolute Gasteiger partial charge is 0.494 e. The van der Waals surface area contributed by atoms with Gasteiger partial charge in [-0.1, -0.05) is 24.3 Å². The minimum atomic E-state index is -0.370. The van der Waals surface area contributed by atoms with Gasteiger partial charge in [0.2, 0.25) is 0 Å². The molecule has 1 aliphatic rings. The van der Waals surface area contributed by atoms with E-state index in [1.807, 2.05) is 6.92 Å². The van der Waals surface area contributed by atoms with E-state index in [0.29, 0.717) is 0 Å². The van der Waals surface area contributed by atoms with Crippen LogP contribution in [-0.4, -0.2) is 31.6 Å². The standard InChI is InChI=1S/C16H26BO3P/c1-7-18-21(6)12-13-8-10-14(11-9-13)17-19-15(2,3)16(4,5)20-17/h8-11H,7,12H2,1-6H3. The second-order valence-electron chi connectivity index (χ2n) is 6.53. The fraction of sp³-hybridized carbons (Fsp3) is 0.625. The molecule has 1 aromatic rings. The molecule has 0 aromatic heterocycles. The molecule has 21 heavy (non-hydrogen) atoms. The van der Waals surface area contributed by atoms with E-state index in [1.54, 1.807) is 0 Å². The fourth-order valence-corrected chi connectivity index (χ4v) is 3.54. The fourth-order valence-electron chi connectivity index (χ4n) is 2.28. The number of benzene rings is 1. The minimum absolute atomic E-state index is 0.279. The Hall–Kier alpha value is -0.405. The molecule has 1 aliphatic heterocycles. The van der Waals surface area contributed by atoms with Gasteiger partial charge in [-0.05, 0) is 52.3 Å². The maximum atomic E-state index is 6.07. The van der Waals surface area contributed by atoms with E-state index in [1.165, 1.54) is 5.56 Å². The van der Waals surface area contributed by atoms with Gasteiger partial charge in [0.1, 0.15) is 0 Å². The first-order valence-corrected chi connectivity index (χ1v) is 9.43. The van der Waals surface area contributed by atoms with Crippen LogP contribution in [0.15, 0.2) is 24.3 Å². The highest BCUT2D eigenvalue weighted by molar-refractivity contribution is 7.50. The van der Waals surface area contributed by atoms with Crippen molar-refractivity contribution in [3.8, 4) is 0 Å². The summed E-state index contributed by atoms with van der Waals surface area (Å²) in [4.78, 5) is 0. The summed E-state index contributed by atoms with van der Waals surface area (Å²) < 4.78 is 17.8. The van der Waals surface area contributed by atoms with E-state index in [2.05, 4.69) is 58.6 Å². The zero-order valence-corrected chi connectivity index (χ0v) is 14.9. The molecule has 0 N–H and O–H groups in total. The lowest BCUT2D eigenvalue weighted by atomic mass is 9.79. The van der Waals surface area contributed by atoms with Gasteiger partial charge in [-0.15, -0.1) is 0 Å². The average Bonchev–Trinajstić information content (AvgIpc) is 2.59. The molecular weight excluding hydrogens is 282 g/mol. The molecule has 3 nitrogen and oxygen atoms in total. The maximum absolute atomic E-state index is 6.07. The summed E-state index contributed by atoms with van der Waals surface area (Å²) in [6, 6.07) is 8.51. The van der Waals surface area contributed by atoms with E-state index >= 15 is 0 Å². The summed E-state index contributed by atoms with van der Waals surface area (Å²) >= 11 is 0. The van der Waals surface area contributed by atoms with E-state index in [-0.39, 0.29) is 26.5 Å². The highest BCUT2D eigenvalue weighted by Crippen LogP contribution is 2.37. The van der Waals surface area contributed by atoms with Gasteiger partial charge >= 0.3 is 7.12 Å². The molecule has 1 aromatic carbocycles. The Morgan fingerprint density at radius 2 is 1.57 bits per heavy atom. The molecule has 0 saturated carbocycles. The number of rotatable bonds is 5. The molecule has 1 heterocycles. The summed E-state index contributed by atoms with van der Waals surface area (Å²) in [5.74, 6) is 0. The molecule has 116 valence electrons. The van der Waals surface area contributed by atoms with E-state index in [4.69, 9.17) is 13.8 Å². The molecule has 0 amide bonds. The van der Waals surface area contributed by atoms with E-state index < -0.39 is 0 Å². The van der Waals surface area contributed by atoms with Crippen LogP contribution in [-0.2, 0) is 20.0 Å². The van der Waals surface area contributed by atoms with Gasteiger partial charge in [0, 0.05) is 20.9 Å². The van der Waals surface area contributed by atoms with Crippen molar-refractivity contribution in [1.29, 1.82) is 0 Å². The number of hydrogen-bond acceptors (Lipinski definition) is 3. The quantitative estimate of drug-likeness (QED) is 0.615. The smallest absolute Gasteiger partial charge is 0.399 e. The average molecular weight is 308 g/mol. The van der Waals surface area contributed by atoms with Gasteiger partial charge in [0.05, 0.1) is 11.2 Å². The van der Waals surface area contributed by atoms with Crippen molar-refractivity contribution >= 4 is 20.7 Å². The lowest BCUT2D eigenvalue weighted by Gasteiger charge is -2.32. The van der Waals surface area contributed by atoms with Crippen molar-refractivity contribution in [2.45, 2.75) is 52.0 Å². The van der Waals surface area contributed by atoms with Crippen LogP contribution < -0.4 is 5.46 Å². The Morgan fingerprint density at radius 3 is 2.05 bits per heavy atom. The maximum Gasteiger partial charge on any atom is 0.494 e. The van der Waals surface area contributed by atoms with Crippen molar-refractivity contribution < 1.29 is 13.8 Å². The Labute approximate surface area is 130 Å². The van der Waals surface area contributed by atoms with Crippen LogP contribution >= 0.6 is 8.15 Å². The third kappa shape index (κ3) is 3.87. The lowest BCUT2D eigenvalue weighted by Crippen LogP contribution is -2.41. The van der Waals surface area contributed by atoms with Crippen LogP contribution in [0.2, 0.25) is 0 Å². The zero-order chi connectivity index (χ0) is 15.7. The third-order valence-corrected chi connectivity index (χ3v) is 5.77. The highest BCUT2D eigenvalue weighted by atomic mass is 31.1. The van der Waals surface area contributed by atoms with Gasteiger partial charge < -0.3 is 13.8 Å². The SMILES string of the molecule is CCOP(C)Cc1ccc(B2OC(C)(C)C(C)(C)O2)cc1. The van der Waals surface area contributed by atoms with Crippen molar-refractivity contribution in [2.75, 3.05) is 13.3 Å². The lowest BCUT2D eigenvalue weighted by molar-refractivity contribution is 0.00578. The van der Waals surface area contributed by atoms with Gasteiger partial charge in [0.15, 0.2) is 0 Å². The van der Waals surface area contributed by atoms with Crippen LogP contribution in [0.1, 0.15) is 40.2 Å². The highest BCUT2D eigenvalue weighted by Gasteiger charge is 2.51. The van der Waals surface area contributed by atoms with E-state index in [9.17, 15) is 0 Å². The predicted molar refractivity (Wildman–Crippen MR) is 90.3 cm³/mol. The molecule has 0 bridgehead atoms. The normalized spacial score (nSPS) is 21.5. The first-order chi connectivity index (χ1) is 9.75. The van der Waals surface area contributed by atoms with Crippen LogP contribution in [0.4, 0.5) is 0 Å². The second-order valence-corrected chi connectivity index (χ2v) is 8.36. The second kappa shape index (κ2) is 6.38. The first-order valence-electron chi connectivity index (χ1n) is 7.54. The Morgan fingerprint density at radius 1 is 1.05 bits per heavy atom. The van der Waals surface area contributed by atoms with Crippen LogP contribution in [0.5, 0.6) is 0 Å². The molecular formula is C16H26BO3P. The van der Waals surface area contributed by atoms with Crippen molar-refractivity contribution in [1.82, 2.24) is 0 Å². The molecule has 2 rings (SSSR count). The van der Waals surface area contributed by atoms with Gasteiger partial charge in [-0.3, -0.25) is 0 Å². The van der Waals surface area contributed by atoms with Crippen molar-refractivity contribution in [2.24, 2.45) is 0 Å². The van der Waals surface area contributed by atoms with Crippen molar-refractivity contribution in [3.05, 3.63) is 29.8 Å². The molecule has 0 spiro atoms. The van der Waals surface area contributed by atoms with Crippen LogP contribution in [0.25, 0.3) is 0 Å². The number of hydrogen-bond donors (Lipinski definition) is 0. The third-order valence-electron chi connectivity index (χ3n) is 4.26. The van der Waals surface area contributed by atoms with Gasteiger partial charge in [-0.25, -0.2) is 0 Å². The Kier molecular flexibility index (Phi) is 5.15. The Bertz CT molecular complexity index is 457. The Balaban J connectivity index is 2.03. The summed E-state index contributed by atoms with van der Waals surface area (Å²) in [5.41, 5.74) is 1.80. The molecule has 1 atom stereocenters. The van der Waals surface area contributed by atoms with Crippen LogP contribution in [0, 0.1) is 0 Å². The van der Waals surface area contributed by atoms with Gasteiger partial charge in [0.25, 0.3) is 0 Å². The topological polar surface area (TPSA) is 27.7 Å². The summed E-state index contributed by atoms with van der Waals surface area (Å²) in [5, 5.41) is 0. The summed E-state index contributed by atoms with van der Waals surface area (Å²) in [6.45, 7) is 13.3. The zero-order valence-electron chi connectivity index (χ0n) is 14.0. The first kappa shape index (κ1) is 17.0. The van der Waals surface area contributed by atoms with Crippen LogP contribution in [0.3, 0.4) is 0 Å². The molecule has 0 radical (unpaired) electrons.